The van der Waals surface area contributed by atoms with Gasteiger partial charge in [0.2, 0.25) is 6.10 Å². The molecular weight excluding hydrogens is 885 g/mol. The average molecular weight is 923 g/mol. The molecule has 0 saturated carbocycles. The van der Waals surface area contributed by atoms with Crippen molar-refractivity contribution >= 4 is 73.1 Å². The molecule has 0 spiro atoms. The molecule has 2 aromatic heterocycles. The number of phenolic OH excluding ortho intramolecular Hbond substituents is 1. The van der Waals surface area contributed by atoms with Crippen LogP contribution in [0.25, 0.3) is 33.4 Å². The zero-order valence-corrected chi connectivity index (χ0v) is 33.1. The third kappa shape index (κ3) is 11.4. The van der Waals surface area contributed by atoms with Gasteiger partial charge >= 0.3 is 11.9 Å². The molecule has 8 rings (SSSR count). The van der Waals surface area contributed by atoms with Crippen LogP contribution in [0.2, 0.25) is 10.0 Å². The van der Waals surface area contributed by atoms with Crippen LogP contribution in [0.15, 0.2) is 133 Å². The van der Waals surface area contributed by atoms with E-state index in [1.807, 2.05) is 24.3 Å². The quantitative estimate of drug-likeness (QED) is 0.111. The SMILES string of the molecule is C.C.COC(=O)C(Br)c1ccc(Cl)cc1.O=C(O)C(Oc1ccc(F)cc1-n1nc2ccccc2n1)c1ccc(Cl)cc1.Oc1ccc(F)cc1-n1nc2ccccc2n1. The molecule has 0 fully saturated rings. The first kappa shape index (κ1) is 46.3. The Kier molecular flexibility index (Phi) is 16.2. The normalized spacial score (nSPS) is 11.4. The van der Waals surface area contributed by atoms with Crippen LogP contribution in [0, 0.1) is 11.6 Å². The highest BCUT2D eigenvalue weighted by Gasteiger charge is 2.24. The fraction of sp³-hybridized carbons (Fsp3) is 0.116. The average Bonchev–Trinajstić information content (AvgIpc) is 3.87. The summed E-state index contributed by atoms with van der Waals surface area (Å²) in [5, 5.41) is 37.3. The molecule has 0 aliphatic heterocycles. The predicted molar refractivity (Wildman–Crippen MR) is 230 cm³/mol. The number of benzene rings is 6. The summed E-state index contributed by atoms with van der Waals surface area (Å²) >= 11 is 14.8. The lowest BCUT2D eigenvalue weighted by Crippen LogP contribution is -2.19. The van der Waals surface area contributed by atoms with Crippen LogP contribution in [0.5, 0.6) is 11.5 Å². The number of hydrogen-bond donors (Lipinski definition) is 2. The van der Waals surface area contributed by atoms with E-state index in [0.29, 0.717) is 37.7 Å². The first-order chi connectivity index (χ1) is 27.9. The first-order valence-corrected chi connectivity index (χ1v) is 18.6. The molecule has 2 unspecified atom stereocenters. The molecule has 2 heterocycles. The lowest BCUT2D eigenvalue weighted by Gasteiger charge is -2.17. The molecule has 0 amide bonds. The van der Waals surface area contributed by atoms with E-state index in [0.717, 1.165) is 5.56 Å². The van der Waals surface area contributed by atoms with Crippen LogP contribution < -0.4 is 4.74 Å². The van der Waals surface area contributed by atoms with Crippen molar-refractivity contribution < 1.29 is 38.1 Å². The third-order valence-electron chi connectivity index (χ3n) is 8.08. The number of esters is 1. The van der Waals surface area contributed by atoms with E-state index >= 15 is 0 Å². The number of fused-ring (bicyclic) bond motifs is 2. The Morgan fingerprint density at radius 2 is 1.07 bits per heavy atom. The van der Waals surface area contributed by atoms with Gasteiger partial charge in [0, 0.05) is 27.7 Å². The molecule has 0 aliphatic rings. The lowest BCUT2D eigenvalue weighted by atomic mass is 10.1. The molecular formula is C43H37BrCl2F2N6O6. The Hall–Kier alpha value is -6.42. The van der Waals surface area contributed by atoms with E-state index in [-0.39, 0.29) is 43.7 Å². The van der Waals surface area contributed by atoms with Gasteiger partial charge in [-0.15, -0.1) is 30.0 Å². The number of nitrogens with zero attached hydrogens (tertiary/aromatic N) is 6. The number of carbonyl (C=O) groups excluding carboxylic acids is 1. The summed E-state index contributed by atoms with van der Waals surface area (Å²) in [7, 11) is 1.35. The van der Waals surface area contributed by atoms with Gasteiger partial charge in [-0.3, -0.25) is 4.79 Å². The van der Waals surface area contributed by atoms with Crippen LogP contribution in [-0.4, -0.2) is 59.2 Å². The number of methoxy groups -OCH3 is 1. The molecule has 310 valence electrons. The topological polar surface area (TPSA) is 154 Å². The maximum absolute atomic E-state index is 13.9. The van der Waals surface area contributed by atoms with Gasteiger partial charge in [0.05, 0.1) is 7.11 Å². The van der Waals surface area contributed by atoms with E-state index in [1.54, 1.807) is 72.8 Å². The standard InChI is InChI=1S/C20H13ClFN3O3.C12H8FN3O.C9H8BrClO2.2CH4/c21-13-7-5-12(6-8-13)19(20(26)27)28-18-10-9-14(22)11-17(18)25-23-15-3-1-2-4-16(15)24-25;13-8-5-6-12(17)11(7-8)16-14-9-3-1-2-4-10(9)15-16;1-13-9(12)8(10)6-2-4-7(11)5-3-6;;/h1-11,19H,(H,26,27);1-7,17H;2-5,8H,1H3;2*1H4. The number of hydrogen-bond acceptors (Lipinski definition) is 9. The first-order valence-electron chi connectivity index (χ1n) is 17.0. The Bertz CT molecular complexity index is 2630. The van der Waals surface area contributed by atoms with Crippen LogP contribution in [-0.2, 0) is 14.3 Å². The van der Waals surface area contributed by atoms with Gasteiger partial charge in [-0.1, -0.05) is 103 Å². The van der Waals surface area contributed by atoms with Gasteiger partial charge < -0.3 is 19.7 Å². The number of carboxylic acids is 1. The Balaban J connectivity index is 0.000000213. The van der Waals surface area contributed by atoms with Crippen LogP contribution in [0.3, 0.4) is 0 Å². The monoisotopic (exact) mass is 920 g/mol. The van der Waals surface area contributed by atoms with E-state index in [1.165, 1.54) is 53.1 Å². The maximum atomic E-state index is 13.9. The molecule has 60 heavy (non-hydrogen) atoms. The molecule has 17 heteroatoms. The number of carbonyl (C=O) groups is 2. The van der Waals surface area contributed by atoms with Gasteiger partial charge in [-0.05, 0) is 78.4 Å². The molecule has 0 radical (unpaired) electrons. The Morgan fingerprint density at radius 1 is 0.650 bits per heavy atom. The molecule has 6 aromatic carbocycles. The minimum absolute atomic E-state index is 0. The van der Waals surface area contributed by atoms with Crippen LogP contribution in [0.4, 0.5) is 8.78 Å². The minimum Gasteiger partial charge on any atom is -0.506 e. The Labute approximate surface area is 361 Å². The smallest absolute Gasteiger partial charge is 0.349 e. The molecule has 2 N–H and O–H groups in total. The summed E-state index contributed by atoms with van der Waals surface area (Å²) in [5.74, 6) is -2.42. The van der Waals surface area contributed by atoms with Crippen molar-refractivity contribution in [2.24, 2.45) is 0 Å². The molecule has 2 atom stereocenters. The largest absolute Gasteiger partial charge is 0.506 e. The fourth-order valence-electron chi connectivity index (χ4n) is 5.24. The highest BCUT2D eigenvalue weighted by molar-refractivity contribution is 9.09. The van der Waals surface area contributed by atoms with E-state index in [2.05, 4.69) is 41.1 Å². The molecule has 0 aliphatic carbocycles. The van der Waals surface area contributed by atoms with E-state index in [4.69, 9.17) is 27.9 Å². The summed E-state index contributed by atoms with van der Waals surface area (Å²) in [5.41, 5.74) is 4.25. The van der Waals surface area contributed by atoms with Gasteiger partial charge in [0.15, 0.2) is 0 Å². The van der Waals surface area contributed by atoms with Crippen LogP contribution in [0.1, 0.15) is 36.9 Å². The summed E-state index contributed by atoms with van der Waals surface area (Å²) < 4.78 is 37.3. The number of aliphatic carboxylic acids is 1. The highest BCUT2D eigenvalue weighted by atomic mass is 79.9. The fourth-order valence-corrected chi connectivity index (χ4v) is 5.98. The molecule has 12 nitrogen and oxygen atoms in total. The summed E-state index contributed by atoms with van der Waals surface area (Å²) in [6.07, 6.45) is -1.31. The maximum Gasteiger partial charge on any atom is 0.349 e. The number of aromatic hydroxyl groups is 1. The van der Waals surface area contributed by atoms with Gasteiger partial charge in [-0.2, -0.15) is 0 Å². The lowest BCUT2D eigenvalue weighted by molar-refractivity contribution is -0.145. The second kappa shape index (κ2) is 21.0. The highest BCUT2D eigenvalue weighted by Crippen LogP contribution is 2.30. The summed E-state index contributed by atoms with van der Waals surface area (Å²) in [6, 6.07) is 35.1. The number of carboxylic acid groups (broad SMARTS) is 1. The minimum atomic E-state index is -1.31. The second-order valence-corrected chi connectivity index (χ2v) is 13.8. The van der Waals surface area contributed by atoms with Crippen LogP contribution >= 0.6 is 39.1 Å². The molecule has 0 saturated heterocycles. The van der Waals surface area contributed by atoms with Crippen molar-refractivity contribution in [2.45, 2.75) is 25.8 Å². The number of halogens is 5. The number of ether oxygens (including phenoxy) is 2. The van der Waals surface area contributed by atoms with E-state index in [9.17, 15) is 28.6 Å². The predicted octanol–water partition coefficient (Wildman–Crippen LogP) is 10.9. The second-order valence-electron chi connectivity index (χ2n) is 12.0. The van der Waals surface area contributed by atoms with Crippen molar-refractivity contribution in [1.82, 2.24) is 30.0 Å². The summed E-state index contributed by atoms with van der Waals surface area (Å²) in [6.45, 7) is 0. The zero-order valence-electron chi connectivity index (χ0n) is 30.0. The van der Waals surface area contributed by atoms with Gasteiger partial charge in [0.1, 0.15) is 61.4 Å². The van der Waals surface area contributed by atoms with Crippen molar-refractivity contribution in [3.8, 4) is 22.9 Å². The number of alkyl halides is 1. The zero-order chi connectivity index (χ0) is 41.3. The third-order valence-corrected chi connectivity index (χ3v) is 9.48. The van der Waals surface area contributed by atoms with Crippen molar-refractivity contribution in [3.63, 3.8) is 0 Å². The number of rotatable bonds is 8. The van der Waals surface area contributed by atoms with Crippen molar-refractivity contribution in [2.75, 3.05) is 7.11 Å². The number of phenols is 1. The Morgan fingerprint density at radius 3 is 1.52 bits per heavy atom. The number of aromatic nitrogens is 6. The van der Waals surface area contributed by atoms with E-state index < -0.39 is 28.5 Å². The van der Waals surface area contributed by atoms with Crippen molar-refractivity contribution in [1.29, 1.82) is 0 Å². The molecule has 0 bridgehead atoms. The van der Waals surface area contributed by atoms with Gasteiger partial charge in [0.25, 0.3) is 0 Å². The summed E-state index contributed by atoms with van der Waals surface area (Å²) in [4.78, 5) is 24.9. The van der Waals surface area contributed by atoms with Gasteiger partial charge in [-0.25, -0.2) is 13.6 Å². The molecule has 8 aromatic rings. The van der Waals surface area contributed by atoms with Crippen molar-refractivity contribution in [3.05, 3.63) is 166 Å².